The molecule has 1 saturated heterocycles. The van der Waals surface area contributed by atoms with E-state index in [0.717, 1.165) is 44.5 Å². The van der Waals surface area contributed by atoms with Crippen LogP contribution < -0.4 is 10.6 Å². The van der Waals surface area contributed by atoms with Crippen molar-refractivity contribution < 1.29 is 4.79 Å². The lowest BCUT2D eigenvalue weighted by Crippen LogP contribution is -2.32. The Kier molecular flexibility index (Phi) is 5.07. The topological polar surface area (TPSA) is 71.8 Å². The molecule has 1 aliphatic carbocycles. The standard InChI is InChI=1S/C20H29N5OS/c1-20(2,3)13-6-7-15-17(11-13)27-19(22-15)23-18(26)16-8-10-25(24-16)14-5-4-9-21-12-14/h8,10,13-14,21H,4-7,9,11-12H2,1-3H3,(H,22,23,26). The van der Waals surface area contributed by atoms with Crippen molar-refractivity contribution in [1.82, 2.24) is 20.1 Å². The predicted molar refractivity (Wildman–Crippen MR) is 108 cm³/mol. The highest BCUT2D eigenvalue weighted by Crippen LogP contribution is 2.40. The van der Waals surface area contributed by atoms with E-state index in [1.807, 2.05) is 10.9 Å². The van der Waals surface area contributed by atoms with Crippen LogP contribution in [0.2, 0.25) is 0 Å². The Morgan fingerprint density at radius 3 is 2.96 bits per heavy atom. The molecule has 1 fully saturated rings. The second-order valence-corrected chi connectivity index (χ2v) is 9.91. The number of nitrogens with zero attached hydrogens (tertiary/aromatic N) is 3. The molecule has 7 heteroatoms. The molecule has 1 aliphatic heterocycles. The van der Waals surface area contributed by atoms with Gasteiger partial charge in [-0.05, 0) is 56.0 Å². The predicted octanol–water partition coefficient (Wildman–Crippen LogP) is 3.67. The summed E-state index contributed by atoms with van der Waals surface area (Å²) in [5, 5.41) is 11.5. The molecule has 0 spiro atoms. The number of fused-ring (bicyclic) bond motifs is 1. The van der Waals surface area contributed by atoms with E-state index in [-0.39, 0.29) is 5.91 Å². The molecule has 2 unspecified atom stereocenters. The van der Waals surface area contributed by atoms with Crippen molar-refractivity contribution in [1.29, 1.82) is 0 Å². The Morgan fingerprint density at radius 1 is 1.37 bits per heavy atom. The Bertz CT molecular complexity index is 813. The first-order valence-corrected chi connectivity index (χ1v) is 10.8. The second kappa shape index (κ2) is 7.36. The molecule has 146 valence electrons. The summed E-state index contributed by atoms with van der Waals surface area (Å²) in [5.41, 5.74) is 1.93. The van der Waals surface area contributed by atoms with Crippen LogP contribution in [0, 0.1) is 11.3 Å². The van der Waals surface area contributed by atoms with Crippen molar-refractivity contribution in [2.75, 3.05) is 18.4 Å². The molecule has 2 aromatic heterocycles. The molecule has 6 nitrogen and oxygen atoms in total. The van der Waals surface area contributed by atoms with Gasteiger partial charge in [-0.15, -0.1) is 11.3 Å². The number of amides is 1. The molecule has 0 aromatic carbocycles. The van der Waals surface area contributed by atoms with Gasteiger partial charge in [0.2, 0.25) is 0 Å². The number of hydrogen-bond donors (Lipinski definition) is 2. The fraction of sp³-hybridized carbons (Fsp3) is 0.650. The minimum absolute atomic E-state index is 0.170. The number of aromatic nitrogens is 3. The highest BCUT2D eigenvalue weighted by atomic mass is 32.1. The van der Waals surface area contributed by atoms with Crippen molar-refractivity contribution in [3.63, 3.8) is 0 Å². The average molecular weight is 388 g/mol. The van der Waals surface area contributed by atoms with Gasteiger partial charge in [-0.25, -0.2) is 4.98 Å². The zero-order valence-electron chi connectivity index (χ0n) is 16.4. The Balaban J connectivity index is 1.42. The molecular formula is C20H29N5OS. The smallest absolute Gasteiger partial charge is 0.277 e. The van der Waals surface area contributed by atoms with Crippen LogP contribution in [0.4, 0.5) is 5.13 Å². The van der Waals surface area contributed by atoms with Crippen LogP contribution in [-0.4, -0.2) is 33.8 Å². The van der Waals surface area contributed by atoms with Gasteiger partial charge in [-0.1, -0.05) is 20.8 Å². The van der Waals surface area contributed by atoms with Crippen LogP contribution >= 0.6 is 11.3 Å². The number of nitrogens with one attached hydrogen (secondary N) is 2. The second-order valence-electron chi connectivity index (χ2n) is 8.83. The van der Waals surface area contributed by atoms with Crippen LogP contribution in [0.3, 0.4) is 0 Å². The van der Waals surface area contributed by atoms with E-state index in [0.29, 0.717) is 28.2 Å². The third kappa shape index (κ3) is 4.09. The lowest BCUT2D eigenvalue weighted by atomic mass is 9.73. The van der Waals surface area contributed by atoms with Crippen LogP contribution in [0.5, 0.6) is 0 Å². The van der Waals surface area contributed by atoms with E-state index in [1.165, 1.54) is 11.3 Å². The number of thiazole rings is 1. The summed E-state index contributed by atoms with van der Waals surface area (Å²) in [5.74, 6) is 0.504. The summed E-state index contributed by atoms with van der Waals surface area (Å²) in [6.07, 6.45) is 7.40. The van der Waals surface area contributed by atoms with E-state index in [2.05, 4.69) is 41.5 Å². The van der Waals surface area contributed by atoms with Gasteiger partial charge >= 0.3 is 0 Å². The summed E-state index contributed by atoms with van der Waals surface area (Å²) < 4.78 is 1.92. The zero-order valence-corrected chi connectivity index (χ0v) is 17.2. The third-order valence-electron chi connectivity index (χ3n) is 5.87. The first kappa shape index (κ1) is 18.6. The fourth-order valence-electron chi connectivity index (χ4n) is 4.05. The van der Waals surface area contributed by atoms with Crippen molar-refractivity contribution in [3.05, 3.63) is 28.5 Å². The lowest BCUT2D eigenvalue weighted by molar-refractivity contribution is 0.102. The first-order valence-electron chi connectivity index (χ1n) is 9.96. The van der Waals surface area contributed by atoms with Crippen molar-refractivity contribution in [2.24, 2.45) is 11.3 Å². The molecule has 0 bridgehead atoms. The highest BCUT2D eigenvalue weighted by molar-refractivity contribution is 7.15. The Hall–Kier alpha value is -1.73. The molecule has 0 saturated carbocycles. The zero-order chi connectivity index (χ0) is 19.0. The minimum Gasteiger partial charge on any atom is -0.315 e. The van der Waals surface area contributed by atoms with Crippen molar-refractivity contribution in [2.45, 2.75) is 58.9 Å². The summed E-state index contributed by atoms with van der Waals surface area (Å²) in [7, 11) is 0. The number of aryl methyl sites for hydroxylation is 1. The SMILES string of the molecule is CC(C)(C)C1CCc2nc(NC(=O)c3ccn(C4CCCNC4)n3)sc2C1. The van der Waals surface area contributed by atoms with Crippen molar-refractivity contribution in [3.8, 4) is 0 Å². The quantitative estimate of drug-likeness (QED) is 0.843. The number of carbonyl (C=O) groups excluding carboxylic acids is 1. The van der Waals surface area contributed by atoms with Crippen molar-refractivity contribution >= 4 is 22.4 Å². The molecular weight excluding hydrogens is 358 g/mol. The van der Waals surface area contributed by atoms with Crippen LogP contribution in [0.25, 0.3) is 0 Å². The number of carbonyl (C=O) groups is 1. The first-order chi connectivity index (χ1) is 12.9. The molecule has 2 atom stereocenters. The molecule has 4 rings (SSSR count). The van der Waals surface area contributed by atoms with E-state index < -0.39 is 0 Å². The summed E-state index contributed by atoms with van der Waals surface area (Å²) in [6, 6.07) is 2.13. The monoisotopic (exact) mass is 387 g/mol. The van der Waals surface area contributed by atoms with Gasteiger partial charge in [-0.2, -0.15) is 5.10 Å². The van der Waals surface area contributed by atoms with E-state index in [4.69, 9.17) is 0 Å². The maximum Gasteiger partial charge on any atom is 0.277 e. The number of anilines is 1. The highest BCUT2D eigenvalue weighted by Gasteiger charge is 2.31. The van der Waals surface area contributed by atoms with Gasteiger partial charge in [0.1, 0.15) is 0 Å². The van der Waals surface area contributed by atoms with Gasteiger partial charge in [0.15, 0.2) is 10.8 Å². The molecule has 2 N–H and O–H groups in total. The van der Waals surface area contributed by atoms with Crippen LogP contribution in [0.1, 0.15) is 67.1 Å². The molecule has 27 heavy (non-hydrogen) atoms. The fourth-order valence-corrected chi connectivity index (χ4v) is 5.13. The maximum absolute atomic E-state index is 12.6. The summed E-state index contributed by atoms with van der Waals surface area (Å²) >= 11 is 1.63. The molecule has 2 aliphatic rings. The Labute approximate surface area is 164 Å². The van der Waals surface area contributed by atoms with E-state index in [1.54, 1.807) is 17.4 Å². The van der Waals surface area contributed by atoms with Gasteiger partial charge < -0.3 is 5.32 Å². The molecule has 2 aromatic rings. The maximum atomic E-state index is 12.6. The lowest BCUT2D eigenvalue weighted by Gasteiger charge is -2.33. The minimum atomic E-state index is -0.170. The van der Waals surface area contributed by atoms with Gasteiger partial charge in [0.05, 0.1) is 11.7 Å². The molecule has 3 heterocycles. The number of hydrogen-bond acceptors (Lipinski definition) is 5. The van der Waals surface area contributed by atoms with Gasteiger partial charge in [0.25, 0.3) is 5.91 Å². The molecule has 1 amide bonds. The largest absolute Gasteiger partial charge is 0.315 e. The Morgan fingerprint density at radius 2 is 2.22 bits per heavy atom. The van der Waals surface area contributed by atoms with E-state index in [9.17, 15) is 4.79 Å². The summed E-state index contributed by atoms with van der Waals surface area (Å²) in [4.78, 5) is 18.6. The normalized spacial score (nSPS) is 23.1. The number of rotatable bonds is 3. The third-order valence-corrected chi connectivity index (χ3v) is 6.91. The average Bonchev–Trinajstić information content (AvgIpc) is 3.27. The van der Waals surface area contributed by atoms with Crippen LogP contribution in [0.15, 0.2) is 12.3 Å². The molecule has 0 radical (unpaired) electrons. The van der Waals surface area contributed by atoms with Gasteiger partial charge in [0, 0.05) is 17.6 Å². The van der Waals surface area contributed by atoms with Crippen LogP contribution in [-0.2, 0) is 12.8 Å². The summed E-state index contributed by atoms with van der Waals surface area (Å²) in [6.45, 7) is 8.91. The number of piperidine rings is 1. The van der Waals surface area contributed by atoms with E-state index >= 15 is 0 Å². The van der Waals surface area contributed by atoms with Gasteiger partial charge in [-0.3, -0.25) is 14.8 Å².